The number of imide groups is 2. The molecule has 0 saturated carbocycles. The number of aromatic nitrogens is 3. The van der Waals surface area contributed by atoms with Gasteiger partial charge in [-0.05, 0) is 93.0 Å². The number of nitrogens with zero attached hydrogens (tertiary/aromatic N) is 9. The normalized spacial score (nSPS) is 19.7. The Bertz CT molecular complexity index is 2570. The third-order valence-corrected chi connectivity index (χ3v) is 13.4. The minimum Gasteiger partial charge on any atom is -0.371 e. The first-order valence-corrected chi connectivity index (χ1v) is 21.6. The number of anilines is 4. The van der Waals surface area contributed by atoms with Crippen molar-refractivity contribution in [2.45, 2.75) is 63.6 Å². The largest absolute Gasteiger partial charge is 0.371 e. The number of nitriles is 1. The van der Waals surface area contributed by atoms with E-state index in [1.54, 1.807) is 42.3 Å². The Morgan fingerprint density at radius 2 is 1.65 bits per heavy atom. The lowest BCUT2D eigenvalue weighted by molar-refractivity contribution is -0.136. The van der Waals surface area contributed by atoms with E-state index in [2.05, 4.69) is 46.4 Å². The van der Waals surface area contributed by atoms with Crippen LogP contribution in [0.4, 0.5) is 27.4 Å². The van der Waals surface area contributed by atoms with Crippen LogP contribution in [0, 0.1) is 23.2 Å². The predicted octanol–water partition coefficient (Wildman–Crippen LogP) is 4.70. The molecule has 0 bridgehead atoms. The smallest absolute Gasteiger partial charge is 0.262 e. The number of likely N-dealkylation sites (tertiary alicyclic amines) is 1. The summed E-state index contributed by atoms with van der Waals surface area (Å²) < 4.78 is 15.5. The van der Waals surface area contributed by atoms with E-state index < -0.39 is 41.5 Å². The van der Waals surface area contributed by atoms with Gasteiger partial charge in [0.15, 0.2) is 0 Å². The number of amides is 5. The first kappa shape index (κ1) is 41.8. The van der Waals surface area contributed by atoms with Crippen molar-refractivity contribution in [3.8, 4) is 6.07 Å². The zero-order valence-electron chi connectivity index (χ0n) is 34.6. The Balaban J connectivity index is 0.743. The molecule has 3 saturated heterocycles. The fraction of sp³-hybridized carbons (Fsp3) is 0.400. The molecule has 1 atom stereocenters. The van der Waals surface area contributed by atoms with Gasteiger partial charge in [0, 0.05) is 75.7 Å². The maximum absolute atomic E-state index is 15.5. The van der Waals surface area contributed by atoms with Crippen molar-refractivity contribution in [1.82, 2.24) is 35.0 Å². The lowest BCUT2D eigenvalue weighted by Crippen LogP contribution is -2.54. The first-order valence-electron chi connectivity index (χ1n) is 21.3. The maximum atomic E-state index is 15.5. The second kappa shape index (κ2) is 17.3. The van der Waals surface area contributed by atoms with Gasteiger partial charge < -0.3 is 24.9 Å². The lowest BCUT2D eigenvalue weighted by atomic mass is 9.94. The average Bonchev–Trinajstić information content (AvgIpc) is 3.54. The van der Waals surface area contributed by atoms with E-state index in [0.717, 1.165) is 85.9 Å². The average molecular weight is 874 g/mol. The van der Waals surface area contributed by atoms with Gasteiger partial charge in [0.25, 0.3) is 17.7 Å². The van der Waals surface area contributed by atoms with Gasteiger partial charge in [-0.1, -0.05) is 11.6 Å². The standard InChI is InChI=1S/C45H45ClFN11O5/c1-54(43(61)33-6-8-38(51-40(33)47)52-41-32-14-19-57(24-36(32)49-25-50-41)30-3-2-27(22-48)35(46)21-30)28-12-15-55(16-13-28)23-26-10-17-56(18-11-26)29-4-5-31-34(20-29)45(63)58(44(31)62)37-7-9-39(59)53-42(37)60/h2-6,8,20-21,25-26,28,37H,7,9-19,23-24H2,1H3,(H,53,59,60)(H,49,50,51,52). The van der Waals surface area contributed by atoms with Crippen LogP contribution in [0.25, 0.3) is 0 Å². The zero-order valence-corrected chi connectivity index (χ0v) is 35.4. The van der Waals surface area contributed by atoms with Crippen LogP contribution in [0.1, 0.15) is 86.4 Å². The summed E-state index contributed by atoms with van der Waals surface area (Å²) >= 11 is 6.28. The number of pyridine rings is 1. The molecule has 5 aliphatic heterocycles. The number of piperidine rings is 3. The van der Waals surface area contributed by atoms with Crippen molar-refractivity contribution < 1.29 is 28.4 Å². The number of hydrogen-bond donors (Lipinski definition) is 2. The number of benzene rings is 2. The molecule has 2 aromatic carbocycles. The molecule has 5 amide bonds. The minimum absolute atomic E-state index is 0.0412. The molecule has 0 spiro atoms. The van der Waals surface area contributed by atoms with E-state index in [1.807, 2.05) is 12.1 Å². The molecule has 0 radical (unpaired) electrons. The quantitative estimate of drug-likeness (QED) is 0.174. The summed E-state index contributed by atoms with van der Waals surface area (Å²) in [5, 5.41) is 15.0. The molecule has 18 heteroatoms. The summed E-state index contributed by atoms with van der Waals surface area (Å²) in [6.45, 7) is 5.31. The Labute approximate surface area is 368 Å². The Hall–Kier alpha value is -6.51. The summed E-state index contributed by atoms with van der Waals surface area (Å²) in [5.41, 5.74) is 4.30. The van der Waals surface area contributed by atoms with Gasteiger partial charge in [-0.2, -0.15) is 9.65 Å². The summed E-state index contributed by atoms with van der Waals surface area (Å²) in [5.74, 6) is -2.11. The number of fused-ring (bicyclic) bond motifs is 2. The van der Waals surface area contributed by atoms with Crippen LogP contribution in [0.5, 0.6) is 0 Å². The van der Waals surface area contributed by atoms with Crippen LogP contribution in [-0.2, 0) is 22.6 Å². The van der Waals surface area contributed by atoms with Gasteiger partial charge >= 0.3 is 0 Å². The van der Waals surface area contributed by atoms with Gasteiger partial charge in [-0.15, -0.1) is 0 Å². The Kier molecular flexibility index (Phi) is 11.5. The predicted molar refractivity (Wildman–Crippen MR) is 230 cm³/mol. The summed E-state index contributed by atoms with van der Waals surface area (Å²) in [6.07, 6.45) is 5.69. The van der Waals surface area contributed by atoms with Crippen molar-refractivity contribution >= 4 is 64.1 Å². The van der Waals surface area contributed by atoms with Crippen molar-refractivity contribution in [2.24, 2.45) is 5.92 Å². The van der Waals surface area contributed by atoms with Gasteiger partial charge in [-0.3, -0.25) is 34.2 Å². The number of carbonyl (C=O) groups excluding carboxylic acids is 5. The van der Waals surface area contributed by atoms with Crippen molar-refractivity contribution in [3.63, 3.8) is 0 Å². The third-order valence-electron chi connectivity index (χ3n) is 13.1. The Morgan fingerprint density at radius 1 is 0.905 bits per heavy atom. The molecule has 63 heavy (non-hydrogen) atoms. The van der Waals surface area contributed by atoms with Gasteiger partial charge in [0.2, 0.25) is 17.8 Å². The number of hydrogen-bond acceptors (Lipinski definition) is 13. The molecule has 7 heterocycles. The second-order valence-corrected chi connectivity index (χ2v) is 17.2. The first-order chi connectivity index (χ1) is 30.4. The highest BCUT2D eigenvalue weighted by Crippen LogP contribution is 2.34. The fourth-order valence-corrected chi connectivity index (χ4v) is 9.72. The minimum atomic E-state index is -0.996. The molecule has 4 aromatic rings. The van der Waals surface area contributed by atoms with Gasteiger partial charge in [0.05, 0.1) is 39.5 Å². The van der Waals surface area contributed by atoms with E-state index in [0.29, 0.717) is 41.8 Å². The van der Waals surface area contributed by atoms with E-state index >= 15 is 4.39 Å². The van der Waals surface area contributed by atoms with Crippen molar-refractivity contribution in [3.05, 3.63) is 99.3 Å². The monoisotopic (exact) mass is 873 g/mol. The Morgan fingerprint density at radius 3 is 2.38 bits per heavy atom. The highest BCUT2D eigenvalue weighted by Gasteiger charge is 2.45. The topological polar surface area (TPSA) is 188 Å². The molecule has 5 aliphatic rings. The third kappa shape index (κ3) is 8.28. The molecular formula is C45H45ClFN11O5. The molecule has 16 nitrogen and oxygen atoms in total. The summed E-state index contributed by atoms with van der Waals surface area (Å²) in [6, 6.07) is 14.7. The fourth-order valence-electron chi connectivity index (χ4n) is 9.50. The number of halogens is 2. The van der Waals surface area contributed by atoms with Crippen LogP contribution >= 0.6 is 11.6 Å². The van der Waals surface area contributed by atoms with E-state index in [1.165, 1.54) is 12.4 Å². The molecule has 0 aliphatic carbocycles. The number of rotatable bonds is 9. The molecular weight excluding hydrogens is 829 g/mol. The van der Waals surface area contributed by atoms with Crippen LogP contribution in [-0.4, -0.2) is 118 Å². The van der Waals surface area contributed by atoms with Crippen LogP contribution in [0.2, 0.25) is 5.02 Å². The molecule has 324 valence electrons. The molecule has 1 unspecified atom stereocenters. The summed E-state index contributed by atoms with van der Waals surface area (Å²) in [4.78, 5) is 86.6. The summed E-state index contributed by atoms with van der Waals surface area (Å²) in [7, 11) is 1.72. The van der Waals surface area contributed by atoms with Crippen LogP contribution in [0.15, 0.2) is 54.9 Å². The van der Waals surface area contributed by atoms with E-state index in [4.69, 9.17) is 11.6 Å². The second-order valence-electron chi connectivity index (χ2n) is 16.8. The molecule has 2 aromatic heterocycles. The van der Waals surface area contributed by atoms with Crippen LogP contribution < -0.4 is 20.4 Å². The lowest BCUT2D eigenvalue weighted by Gasteiger charge is -2.40. The molecule has 2 N–H and O–H groups in total. The van der Waals surface area contributed by atoms with Crippen molar-refractivity contribution in [1.29, 1.82) is 5.26 Å². The SMILES string of the molecule is CN(C(=O)c1ccc(Nc2ncnc3c2CCN(c2ccc(C#N)c(Cl)c2)C3)nc1F)C1CCN(CC2CCN(c3ccc4c(c3)C(=O)N(C3CCC(=O)NC3=O)C4=O)CC2)CC1. The zero-order chi connectivity index (χ0) is 43.9. The highest BCUT2D eigenvalue weighted by molar-refractivity contribution is 6.32. The van der Waals surface area contributed by atoms with Crippen LogP contribution in [0.3, 0.4) is 0 Å². The number of carbonyl (C=O) groups is 5. The van der Waals surface area contributed by atoms with E-state index in [9.17, 15) is 29.2 Å². The highest BCUT2D eigenvalue weighted by atomic mass is 35.5. The van der Waals surface area contributed by atoms with Gasteiger partial charge in [0.1, 0.15) is 30.1 Å². The van der Waals surface area contributed by atoms with E-state index in [-0.39, 0.29) is 41.4 Å². The van der Waals surface area contributed by atoms with Crippen molar-refractivity contribution in [2.75, 3.05) is 61.4 Å². The van der Waals surface area contributed by atoms with Gasteiger partial charge in [-0.25, -0.2) is 15.0 Å². The maximum Gasteiger partial charge on any atom is 0.262 e. The molecule has 9 rings (SSSR count). The number of nitrogens with one attached hydrogen (secondary N) is 2. The molecule has 3 fully saturated rings.